The van der Waals surface area contributed by atoms with Crippen molar-refractivity contribution in [2.75, 3.05) is 0 Å². The quantitative estimate of drug-likeness (QED) is 0.382. The topological polar surface area (TPSA) is 17.1 Å². The molecule has 0 radical (unpaired) electrons. The average Bonchev–Trinajstić information content (AvgIpc) is 2.33. The highest BCUT2D eigenvalue weighted by molar-refractivity contribution is 5.74. The third-order valence-electron chi connectivity index (χ3n) is 2.71. The number of rotatable bonds is 7. The summed E-state index contributed by atoms with van der Waals surface area (Å²) in [7, 11) is 0. The van der Waals surface area contributed by atoms with Gasteiger partial charge < -0.3 is 0 Å². The first-order valence-corrected chi connectivity index (χ1v) is 6.08. The van der Waals surface area contributed by atoms with E-state index in [9.17, 15) is 4.79 Å². The van der Waals surface area contributed by atoms with E-state index in [1.165, 1.54) is 36.8 Å². The molecule has 1 aromatic rings. The molecule has 0 N–H and O–H groups in total. The minimum atomic E-state index is 0.827. The molecule has 0 saturated carbocycles. The molecule has 1 nitrogen and oxygen atoms in total. The molecule has 0 fully saturated rings. The van der Waals surface area contributed by atoms with E-state index in [0.29, 0.717) is 0 Å². The number of aryl methyl sites for hydroxylation is 1. The Hall–Kier alpha value is -1.37. The third kappa shape index (κ3) is 4.43. The van der Waals surface area contributed by atoms with Crippen LogP contribution in [0.1, 0.15) is 43.7 Å². The molecule has 0 bridgehead atoms. The van der Waals surface area contributed by atoms with Crippen molar-refractivity contribution in [3.05, 3.63) is 41.5 Å². The van der Waals surface area contributed by atoms with Gasteiger partial charge in [-0.3, -0.25) is 4.79 Å². The van der Waals surface area contributed by atoms with Crippen LogP contribution in [0.4, 0.5) is 0 Å². The summed E-state index contributed by atoms with van der Waals surface area (Å²) in [6.45, 7) is 2.22. The molecule has 1 heteroatoms. The number of hydrogen-bond acceptors (Lipinski definition) is 1. The maximum absolute atomic E-state index is 10.3. The summed E-state index contributed by atoms with van der Waals surface area (Å²) in [5.74, 6) is 0. The van der Waals surface area contributed by atoms with Crippen molar-refractivity contribution in [1.29, 1.82) is 0 Å². The van der Waals surface area contributed by atoms with Gasteiger partial charge in [0.25, 0.3) is 0 Å². The van der Waals surface area contributed by atoms with Gasteiger partial charge >= 0.3 is 0 Å². The lowest BCUT2D eigenvalue weighted by molar-refractivity contribution is -0.104. The van der Waals surface area contributed by atoms with Gasteiger partial charge in [0.05, 0.1) is 0 Å². The molecular weight excluding hydrogens is 196 g/mol. The van der Waals surface area contributed by atoms with E-state index in [4.69, 9.17) is 0 Å². The van der Waals surface area contributed by atoms with Gasteiger partial charge in [0, 0.05) is 0 Å². The molecule has 0 unspecified atom stereocenters. The molecule has 0 aliphatic heterocycles. The maximum atomic E-state index is 10.3. The summed E-state index contributed by atoms with van der Waals surface area (Å²) in [6, 6.07) is 8.29. The Morgan fingerprint density at radius 2 is 1.94 bits per heavy atom. The summed E-state index contributed by atoms with van der Waals surface area (Å²) in [6.07, 6.45) is 10.5. The highest BCUT2D eigenvalue weighted by atomic mass is 16.1. The van der Waals surface area contributed by atoms with Gasteiger partial charge in [-0.05, 0) is 30.0 Å². The minimum absolute atomic E-state index is 0.827. The Labute approximate surface area is 98.2 Å². The first-order chi connectivity index (χ1) is 7.88. The van der Waals surface area contributed by atoms with Crippen LogP contribution in [0, 0.1) is 0 Å². The summed E-state index contributed by atoms with van der Waals surface area (Å²) in [4.78, 5) is 10.3. The molecule has 1 rings (SSSR count). The SMILES string of the molecule is CCCCCCc1ccccc1/C=C/C=O. The van der Waals surface area contributed by atoms with E-state index in [1.807, 2.05) is 12.1 Å². The Balaban J connectivity index is 2.56. The number of allylic oxidation sites excluding steroid dienone is 1. The standard InChI is InChI=1S/C15H20O/c1-2-3-4-5-9-14-10-6-7-11-15(14)12-8-13-16/h6-8,10-13H,2-5,9H2,1H3/b12-8+. The summed E-state index contributed by atoms with van der Waals surface area (Å²) in [5.41, 5.74) is 2.52. The van der Waals surface area contributed by atoms with Crippen LogP contribution in [-0.4, -0.2) is 6.29 Å². The van der Waals surface area contributed by atoms with Crippen molar-refractivity contribution in [3.63, 3.8) is 0 Å². The fourth-order valence-electron chi connectivity index (χ4n) is 1.81. The second kappa shape index (κ2) is 7.86. The van der Waals surface area contributed by atoms with Crippen LogP contribution in [0.2, 0.25) is 0 Å². The minimum Gasteiger partial charge on any atom is -0.299 e. The van der Waals surface area contributed by atoms with Crippen LogP contribution >= 0.6 is 0 Å². The van der Waals surface area contributed by atoms with E-state index in [1.54, 1.807) is 6.08 Å². The second-order valence-corrected chi connectivity index (χ2v) is 4.00. The molecule has 1 aromatic carbocycles. The normalized spacial score (nSPS) is 10.8. The number of carbonyl (C=O) groups excluding carboxylic acids is 1. The van der Waals surface area contributed by atoms with Crippen LogP contribution in [0.5, 0.6) is 0 Å². The molecule has 0 saturated heterocycles. The van der Waals surface area contributed by atoms with E-state index < -0.39 is 0 Å². The number of carbonyl (C=O) groups is 1. The summed E-state index contributed by atoms with van der Waals surface area (Å²) >= 11 is 0. The van der Waals surface area contributed by atoms with Crippen molar-refractivity contribution < 1.29 is 4.79 Å². The van der Waals surface area contributed by atoms with Crippen LogP contribution < -0.4 is 0 Å². The Morgan fingerprint density at radius 1 is 1.12 bits per heavy atom. The average molecular weight is 216 g/mol. The van der Waals surface area contributed by atoms with Crippen LogP contribution in [0.15, 0.2) is 30.3 Å². The number of unbranched alkanes of at least 4 members (excludes halogenated alkanes) is 3. The van der Waals surface area contributed by atoms with Crippen molar-refractivity contribution in [1.82, 2.24) is 0 Å². The van der Waals surface area contributed by atoms with E-state index in [2.05, 4.69) is 25.1 Å². The summed E-state index contributed by atoms with van der Waals surface area (Å²) < 4.78 is 0. The van der Waals surface area contributed by atoms with Crippen LogP contribution in [0.25, 0.3) is 6.08 Å². The Kier molecular flexibility index (Phi) is 6.24. The lowest BCUT2D eigenvalue weighted by Gasteiger charge is -2.05. The molecule has 0 heterocycles. The van der Waals surface area contributed by atoms with Crippen LogP contribution in [-0.2, 0) is 11.2 Å². The third-order valence-corrected chi connectivity index (χ3v) is 2.71. The molecular formula is C15H20O. The predicted molar refractivity (Wildman–Crippen MR) is 69.4 cm³/mol. The molecule has 0 aliphatic rings. The Morgan fingerprint density at radius 3 is 2.69 bits per heavy atom. The first-order valence-electron chi connectivity index (χ1n) is 6.08. The van der Waals surface area contributed by atoms with Crippen molar-refractivity contribution in [3.8, 4) is 0 Å². The monoisotopic (exact) mass is 216 g/mol. The number of hydrogen-bond donors (Lipinski definition) is 0. The molecule has 0 atom stereocenters. The van der Waals surface area contributed by atoms with Crippen molar-refractivity contribution >= 4 is 12.4 Å². The van der Waals surface area contributed by atoms with Gasteiger partial charge in [-0.1, -0.05) is 56.5 Å². The Bertz CT molecular complexity index is 339. The largest absolute Gasteiger partial charge is 0.299 e. The highest BCUT2D eigenvalue weighted by Gasteiger charge is 1.98. The molecule has 16 heavy (non-hydrogen) atoms. The zero-order valence-corrected chi connectivity index (χ0v) is 9.99. The zero-order valence-electron chi connectivity index (χ0n) is 9.99. The summed E-state index contributed by atoms with van der Waals surface area (Å²) in [5, 5.41) is 0. The van der Waals surface area contributed by atoms with Gasteiger partial charge in [0.2, 0.25) is 0 Å². The maximum Gasteiger partial charge on any atom is 0.142 e. The van der Waals surface area contributed by atoms with Gasteiger partial charge in [-0.15, -0.1) is 0 Å². The van der Waals surface area contributed by atoms with Gasteiger partial charge in [-0.2, -0.15) is 0 Å². The molecule has 0 aliphatic carbocycles. The van der Waals surface area contributed by atoms with Crippen LogP contribution in [0.3, 0.4) is 0 Å². The number of aldehydes is 1. The van der Waals surface area contributed by atoms with E-state index >= 15 is 0 Å². The molecule has 0 aromatic heterocycles. The van der Waals surface area contributed by atoms with E-state index in [0.717, 1.165) is 12.7 Å². The second-order valence-electron chi connectivity index (χ2n) is 4.00. The molecule has 0 spiro atoms. The highest BCUT2D eigenvalue weighted by Crippen LogP contribution is 2.14. The first kappa shape index (κ1) is 12.7. The molecule has 86 valence electrons. The van der Waals surface area contributed by atoms with Gasteiger partial charge in [0.1, 0.15) is 6.29 Å². The lowest BCUT2D eigenvalue weighted by Crippen LogP contribution is -1.89. The van der Waals surface area contributed by atoms with Crippen molar-refractivity contribution in [2.24, 2.45) is 0 Å². The fraction of sp³-hybridized carbons (Fsp3) is 0.400. The van der Waals surface area contributed by atoms with E-state index in [-0.39, 0.29) is 0 Å². The van der Waals surface area contributed by atoms with Gasteiger partial charge in [0.15, 0.2) is 0 Å². The fourth-order valence-corrected chi connectivity index (χ4v) is 1.81. The van der Waals surface area contributed by atoms with Crippen molar-refractivity contribution in [2.45, 2.75) is 39.0 Å². The molecule has 0 amide bonds. The van der Waals surface area contributed by atoms with Gasteiger partial charge in [-0.25, -0.2) is 0 Å². The number of benzene rings is 1. The predicted octanol–water partition coefficient (Wildman–Crippen LogP) is 4.02. The smallest absolute Gasteiger partial charge is 0.142 e. The zero-order chi connectivity index (χ0) is 11.6. The lowest BCUT2D eigenvalue weighted by atomic mass is 10.0.